The zero-order valence-corrected chi connectivity index (χ0v) is 10.6. The van der Waals surface area contributed by atoms with Gasteiger partial charge < -0.3 is 10.5 Å². The van der Waals surface area contributed by atoms with Crippen molar-refractivity contribution in [3.8, 4) is 5.75 Å². The topological polar surface area (TPSA) is 35.2 Å². The van der Waals surface area contributed by atoms with Crippen molar-refractivity contribution in [2.75, 3.05) is 7.11 Å². The van der Waals surface area contributed by atoms with E-state index in [1.807, 2.05) is 19.1 Å². The lowest BCUT2D eigenvalue weighted by Gasteiger charge is -2.28. The van der Waals surface area contributed by atoms with Gasteiger partial charge in [-0.05, 0) is 31.4 Å². The van der Waals surface area contributed by atoms with Crippen LogP contribution in [0.4, 0.5) is 0 Å². The summed E-state index contributed by atoms with van der Waals surface area (Å²) < 4.78 is 5.39. The standard InChI is InChI=1S/C13H18ClNO/c1-9-5-6-10(16-2)11(12(9)14)13(15)7-3-4-8-13/h5-6H,3-4,7-8,15H2,1-2H3. The van der Waals surface area contributed by atoms with E-state index in [0.717, 1.165) is 34.7 Å². The van der Waals surface area contributed by atoms with Crippen molar-refractivity contribution < 1.29 is 4.74 Å². The molecule has 0 bridgehead atoms. The molecule has 0 aromatic heterocycles. The number of ether oxygens (including phenoxy) is 1. The predicted octanol–water partition coefficient (Wildman–Crippen LogP) is 3.39. The first-order valence-corrected chi connectivity index (χ1v) is 6.09. The minimum Gasteiger partial charge on any atom is -0.496 e. The molecule has 0 heterocycles. The third-order valence-corrected chi connectivity index (χ3v) is 4.00. The van der Waals surface area contributed by atoms with Crippen molar-refractivity contribution in [3.63, 3.8) is 0 Å². The van der Waals surface area contributed by atoms with Crippen LogP contribution >= 0.6 is 11.6 Å². The molecule has 0 saturated heterocycles. The van der Waals surface area contributed by atoms with E-state index in [0.29, 0.717) is 0 Å². The van der Waals surface area contributed by atoms with Gasteiger partial charge in [-0.25, -0.2) is 0 Å². The van der Waals surface area contributed by atoms with Gasteiger partial charge in [0.2, 0.25) is 0 Å². The van der Waals surface area contributed by atoms with E-state index in [2.05, 4.69) is 0 Å². The second kappa shape index (κ2) is 4.27. The zero-order chi connectivity index (χ0) is 11.8. The molecule has 0 amide bonds. The van der Waals surface area contributed by atoms with Gasteiger partial charge in [0.05, 0.1) is 12.1 Å². The highest BCUT2D eigenvalue weighted by molar-refractivity contribution is 6.32. The van der Waals surface area contributed by atoms with Crippen molar-refractivity contribution in [1.29, 1.82) is 0 Å². The zero-order valence-electron chi connectivity index (χ0n) is 9.85. The summed E-state index contributed by atoms with van der Waals surface area (Å²) in [5.41, 5.74) is 8.22. The number of halogens is 1. The van der Waals surface area contributed by atoms with Gasteiger partial charge in [-0.3, -0.25) is 0 Å². The number of methoxy groups -OCH3 is 1. The maximum atomic E-state index is 6.46. The first-order chi connectivity index (χ1) is 7.58. The van der Waals surface area contributed by atoms with Crippen molar-refractivity contribution in [3.05, 3.63) is 28.3 Å². The molecule has 1 aromatic carbocycles. The third kappa shape index (κ3) is 1.80. The molecule has 0 aliphatic heterocycles. The second-order valence-electron chi connectivity index (χ2n) is 4.64. The summed E-state index contributed by atoms with van der Waals surface area (Å²) in [6.07, 6.45) is 4.33. The summed E-state index contributed by atoms with van der Waals surface area (Å²) in [7, 11) is 1.67. The van der Waals surface area contributed by atoms with E-state index < -0.39 is 0 Å². The van der Waals surface area contributed by atoms with Crippen LogP contribution in [0.5, 0.6) is 5.75 Å². The Morgan fingerprint density at radius 2 is 1.94 bits per heavy atom. The van der Waals surface area contributed by atoms with Gasteiger partial charge in [-0.15, -0.1) is 0 Å². The van der Waals surface area contributed by atoms with E-state index >= 15 is 0 Å². The van der Waals surface area contributed by atoms with Crippen LogP contribution in [0.1, 0.15) is 36.8 Å². The van der Waals surface area contributed by atoms with Crippen LogP contribution in [0.25, 0.3) is 0 Å². The molecule has 1 aromatic rings. The lowest BCUT2D eigenvalue weighted by Crippen LogP contribution is -2.34. The molecule has 1 fully saturated rings. The summed E-state index contributed by atoms with van der Waals surface area (Å²) in [4.78, 5) is 0. The molecule has 0 unspecified atom stereocenters. The van der Waals surface area contributed by atoms with Crippen LogP contribution in [0.15, 0.2) is 12.1 Å². The molecule has 0 atom stereocenters. The molecular weight excluding hydrogens is 222 g/mol. The molecule has 1 aliphatic carbocycles. The Balaban J connectivity index is 2.56. The Kier molecular flexibility index (Phi) is 3.13. The van der Waals surface area contributed by atoms with Crippen molar-refractivity contribution in [2.45, 2.75) is 38.1 Å². The lowest BCUT2D eigenvalue weighted by molar-refractivity contribution is 0.379. The number of aryl methyl sites for hydroxylation is 1. The van der Waals surface area contributed by atoms with Crippen LogP contribution in [-0.2, 0) is 5.54 Å². The van der Waals surface area contributed by atoms with Gasteiger partial charge in [0.25, 0.3) is 0 Å². The molecule has 88 valence electrons. The van der Waals surface area contributed by atoms with Crippen molar-refractivity contribution >= 4 is 11.6 Å². The lowest BCUT2D eigenvalue weighted by atomic mass is 9.87. The number of hydrogen-bond donors (Lipinski definition) is 1. The summed E-state index contributed by atoms with van der Waals surface area (Å²) in [6, 6.07) is 3.94. The molecule has 3 heteroatoms. The number of nitrogens with two attached hydrogens (primary N) is 1. The van der Waals surface area contributed by atoms with E-state index in [-0.39, 0.29) is 5.54 Å². The molecule has 1 aliphatic rings. The normalized spacial score (nSPS) is 18.8. The van der Waals surface area contributed by atoms with Gasteiger partial charge in [0.15, 0.2) is 0 Å². The largest absolute Gasteiger partial charge is 0.496 e. The molecule has 2 rings (SSSR count). The van der Waals surface area contributed by atoms with E-state index in [9.17, 15) is 0 Å². The SMILES string of the molecule is COc1ccc(C)c(Cl)c1C1(N)CCCC1. The van der Waals surface area contributed by atoms with Gasteiger partial charge >= 0.3 is 0 Å². The molecular formula is C13H18ClNO. The monoisotopic (exact) mass is 239 g/mol. The first-order valence-electron chi connectivity index (χ1n) is 5.71. The maximum absolute atomic E-state index is 6.46. The quantitative estimate of drug-likeness (QED) is 0.859. The van der Waals surface area contributed by atoms with Crippen LogP contribution < -0.4 is 10.5 Å². The summed E-state index contributed by atoms with van der Waals surface area (Å²) in [6.45, 7) is 2.00. The van der Waals surface area contributed by atoms with Crippen LogP contribution in [0.2, 0.25) is 5.02 Å². The second-order valence-corrected chi connectivity index (χ2v) is 5.01. The summed E-state index contributed by atoms with van der Waals surface area (Å²) in [5, 5.41) is 0.767. The third-order valence-electron chi connectivity index (χ3n) is 3.51. The number of rotatable bonds is 2. The molecule has 16 heavy (non-hydrogen) atoms. The average molecular weight is 240 g/mol. The van der Waals surface area contributed by atoms with Crippen molar-refractivity contribution in [1.82, 2.24) is 0 Å². The minimum absolute atomic E-state index is 0.297. The average Bonchev–Trinajstić information content (AvgIpc) is 2.69. The molecule has 0 radical (unpaired) electrons. The molecule has 1 saturated carbocycles. The number of benzene rings is 1. The molecule has 0 spiro atoms. The van der Waals surface area contributed by atoms with Crippen LogP contribution in [0.3, 0.4) is 0 Å². The Labute approximate surface area is 102 Å². The molecule has 2 nitrogen and oxygen atoms in total. The van der Waals surface area contributed by atoms with E-state index in [1.165, 1.54) is 12.8 Å². The van der Waals surface area contributed by atoms with Crippen molar-refractivity contribution in [2.24, 2.45) is 5.73 Å². The van der Waals surface area contributed by atoms with E-state index in [4.69, 9.17) is 22.1 Å². The van der Waals surface area contributed by atoms with Gasteiger partial charge in [-0.1, -0.05) is 30.5 Å². The van der Waals surface area contributed by atoms with Crippen LogP contribution in [0, 0.1) is 6.92 Å². The smallest absolute Gasteiger partial charge is 0.125 e. The highest BCUT2D eigenvalue weighted by atomic mass is 35.5. The fraction of sp³-hybridized carbons (Fsp3) is 0.538. The fourth-order valence-electron chi connectivity index (χ4n) is 2.55. The fourth-order valence-corrected chi connectivity index (χ4v) is 2.90. The highest BCUT2D eigenvalue weighted by Crippen LogP contribution is 2.44. The maximum Gasteiger partial charge on any atom is 0.125 e. The summed E-state index contributed by atoms with van der Waals surface area (Å²) >= 11 is 6.39. The Bertz CT molecular complexity index is 397. The van der Waals surface area contributed by atoms with E-state index in [1.54, 1.807) is 7.11 Å². The summed E-state index contributed by atoms with van der Waals surface area (Å²) in [5.74, 6) is 0.819. The molecule has 2 N–H and O–H groups in total. The minimum atomic E-state index is -0.297. The Morgan fingerprint density at radius 1 is 1.31 bits per heavy atom. The predicted molar refractivity (Wildman–Crippen MR) is 67.1 cm³/mol. The van der Waals surface area contributed by atoms with Gasteiger partial charge in [0.1, 0.15) is 5.75 Å². The van der Waals surface area contributed by atoms with Gasteiger partial charge in [0, 0.05) is 11.1 Å². The van der Waals surface area contributed by atoms with Gasteiger partial charge in [-0.2, -0.15) is 0 Å². The first kappa shape index (κ1) is 11.7. The number of hydrogen-bond acceptors (Lipinski definition) is 2. The Morgan fingerprint density at radius 3 is 2.50 bits per heavy atom. The Hall–Kier alpha value is -0.730. The highest BCUT2D eigenvalue weighted by Gasteiger charge is 2.36. The van der Waals surface area contributed by atoms with Crippen LogP contribution in [-0.4, -0.2) is 7.11 Å².